The van der Waals surface area contributed by atoms with Gasteiger partial charge in [0.2, 0.25) is 0 Å². The molecule has 2 N–H and O–H groups in total. The summed E-state index contributed by atoms with van der Waals surface area (Å²) in [5, 5.41) is 15.4. The molecule has 0 radical (unpaired) electrons. The quantitative estimate of drug-likeness (QED) is 0.677. The van der Waals surface area contributed by atoms with Crippen molar-refractivity contribution in [1.82, 2.24) is 4.98 Å². The molecule has 2 aromatic carbocycles. The number of phenols is 1. The van der Waals surface area contributed by atoms with Crippen LogP contribution in [-0.2, 0) is 0 Å². The highest BCUT2D eigenvalue weighted by Gasteiger charge is 2.07. The van der Waals surface area contributed by atoms with Crippen molar-refractivity contribution in [2.75, 3.05) is 5.32 Å². The van der Waals surface area contributed by atoms with Crippen LogP contribution in [0.15, 0.2) is 47.8 Å². The van der Waals surface area contributed by atoms with E-state index in [1.165, 1.54) is 11.1 Å². The second-order valence-corrected chi connectivity index (χ2v) is 5.89. The van der Waals surface area contributed by atoms with Crippen molar-refractivity contribution < 1.29 is 5.11 Å². The summed E-state index contributed by atoms with van der Waals surface area (Å²) in [7, 11) is 0. The molecular formula is C17H16N2OS. The number of hydrogen-bond donors (Lipinski definition) is 2. The Bertz CT molecular complexity index is 763. The predicted octanol–water partition coefficient (Wildman–Crippen LogP) is 4.88. The fraction of sp³-hybridized carbons (Fsp3) is 0.118. The summed E-state index contributed by atoms with van der Waals surface area (Å²) in [6.07, 6.45) is 0. The highest BCUT2D eigenvalue weighted by Crippen LogP contribution is 2.29. The van der Waals surface area contributed by atoms with E-state index >= 15 is 0 Å². The summed E-state index contributed by atoms with van der Waals surface area (Å²) in [4.78, 5) is 4.63. The monoisotopic (exact) mass is 296 g/mol. The van der Waals surface area contributed by atoms with Gasteiger partial charge < -0.3 is 10.4 Å². The number of rotatable bonds is 3. The Balaban J connectivity index is 1.84. The van der Waals surface area contributed by atoms with Crippen LogP contribution in [0.3, 0.4) is 0 Å². The van der Waals surface area contributed by atoms with Crippen LogP contribution >= 0.6 is 11.3 Å². The smallest absolute Gasteiger partial charge is 0.187 e. The molecular weight excluding hydrogens is 280 g/mol. The molecule has 0 aliphatic carbocycles. The number of benzene rings is 2. The van der Waals surface area contributed by atoms with E-state index in [1.54, 1.807) is 23.5 Å². The third-order valence-electron chi connectivity index (χ3n) is 3.28. The molecule has 3 nitrogen and oxygen atoms in total. The van der Waals surface area contributed by atoms with E-state index in [1.807, 2.05) is 12.1 Å². The Hall–Kier alpha value is -2.33. The van der Waals surface area contributed by atoms with Crippen LogP contribution in [0.1, 0.15) is 11.1 Å². The van der Waals surface area contributed by atoms with Gasteiger partial charge in [-0.05, 0) is 43.7 Å². The molecule has 3 aromatic rings. The molecule has 0 aliphatic heterocycles. The topological polar surface area (TPSA) is 45.1 Å². The van der Waals surface area contributed by atoms with Crippen LogP contribution in [0.5, 0.6) is 5.75 Å². The summed E-state index contributed by atoms with van der Waals surface area (Å²) in [6.45, 7) is 4.20. The number of hydrogen-bond acceptors (Lipinski definition) is 4. The Morgan fingerprint density at radius 2 is 1.81 bits per heavy atom. The SMILES string of the molecule is Cc1ccc(-c2csc(Nc3ccc(O)cc3)n2)c(C)c1. The Labute approximate surface area is 127 Å². The molecule has 1 aromatic heterocycles. The van der Waals surface area contributed by atoms with Crippen molar-refractivity contribution in [3.05, 3.63) is 59.0 Å². The highest BCUT2D eigenvalue weighted by molar-refractivity contribution is 7.14. The third-order valence-corrected chi connectivity index (χ3v) is 4.04. The van der Waals surface area contributed by atoms with Gasteiger partial charge in [-0.15, -0.1) is 11.3 Å². The van der Waals surface area contributed by atoms with E-state index in [4.69, 9.17) is 0 Å². The zero-order valence-electron chi connectivity index (χ0n) is 11.9. The molecule has 0 amide bonds. The number of anilines is 2. The fourth-order valence-electron chi connectivity index (χ4n) is 2.22. The first-order valence-electron chi connectivity index (χ1n) is 6.71. The minimum Gasteiger partial charge on any atom is -0.508 e. The molecule has 0 bridgehead atoms. The molecule has 21 heavy (non-hydrogen) atoms. The number of thiazole rings is 1. The van der Waals surface area contributed by atoms with Gasteiger partial charge >= 0.3 is 0 Å². The maximum absolute atomic E-state index is 9.29. The lowest BCUT2D eigenvalue weighted by atomic mass is 10.0. The van der Waals surface area contributed by atoms with Crippen molar-refractivity contribution in [2.24, 2.45) is 0 Å². The molecule has 0 fully saturated rings. The second kappa shape index (κ2) is 5.58. The normalized spacial score (nSPS) is 10.6. The molecule has 0 unspecified atom stereocenters. The predicted molar refractivity (Wildman–Crippen MR) is 88.4 cm³/mol. The molecule has 3 rings (SSSR count). The molecule has 1 heterocycles. The average molecular weight is 296 g/mol. The number of nitrogens with one attached hydrogen (secondary N) is 1. The average Bonchev–Trinajstić information content (AvgIpc) is 2.90. The van der Waals surface area contributed by atoms with Crippen LogP contribution in [0, 0.1) is 13.8 Å². The number of aromatic hydroxyl groups is 1. The van der Waals surface area contributed by atoms with Crippen molar-refractivity contribution >= 4 is 22.2 Å². The maximum atomic E-state index is 9.29. The van der Waals surface area contributed by atoms with E-state index in [9.17, 15) is 5.11 Å². The zero-order valence-corrected chi connectivity index (χ0v) is 12.7. The number of aryl methyl sites for hydroxylation is 2. The number of aromatic nitrogens is 1. The molecule has 106 valence electrons. The lowest BCUT2D eigenvalue weighted by molar-refractivity contribution is 0.475. The van der Waals surface area contributed by atoms with E-state index in [0.29, 0.717) is 0 Å². The van der Waals surface area contributed by atoms with Crippen molar-refractivity contribution in [2.45, 2.75) is 13.8 Å². The van der Waals surface area contributed by atoms with Crippen LogP contribution < -0.4 is 5.32 Å². The molecule has 0 saturated heterocycles. The van der Waals surface area contributed by atoms with Gasteiger partial charge in [-0.25, -0.2) is 4.98 Å². The maximum Gasteiger partial charge on any atom is 0.187 e. The first-order valence-corrected chi connectivity index (χ1v) is 7.59. The fourth-order valence-corrected chi connectivity index (χ4v) is 2.95. The Morgan fingerprint density at radius 3 is 2.52 bits per heavy atom. The van der Waals surface area contributed by atoms with Crippen molar-refractivity contribution in [1.29, 1.82) is 0 Å². The zero-order chi connectivity index (χ0) is 14.8. The summed E-state index contributed by atoms with van der Waals surface area (Å²) in [5.74, 6) is 0.260. The van der Waals surface area contributed by atoms with E-state index < -0.39 is 0 Å². The van der Waals surface area contributed by atoms with E-state index in [0.717, 1.165) is 22.1 Å². The summed E-state index contributed by atoms with van der Waals surface area (Å²) >= 11 is 1.57. The molecule has 0 aliphatic rings. The minimum atomic E-state index is 0.260. The van der Waals surface area contributed by atoms with Gasteiger partial charge in [-0.3, -0.25) is 0 Å². The minimum absolute atomic E-state index is 0.260. The summed E-state index contributed by atoms with van der Waals surface area (Å²) < 4.78 is 0. The van der Waals surface area contributed by atoms with Crippen LogP contribution in [0.25, 0.3) is 11.3 Å². The van der Waals surface area contributed by atoms with Gasteiger partial charge in [0.05, 0.1) is 5.69 Å². The molecule has 0 atom stereocenters. The summed E-state index contributed by atoms with van der Waals surface area (Å²) in [5.41, 5.74) is 5.55. The number of phenolic OH excluding ortho intramolecular Hbond substituents is 1. The van der Waals surface area contributed by atoms with Crippen LogP contribution in [0.4, 0.5) is 10.8 Å². The van der Waals surface area contributed by atoms with Gasteiger partial charge in [-0.1, -0.05) is 23.8 Å². The van der Waals surface area contributed by atoms with E-state index in [-0.39, 0.29) is 5.75 Å². The lowest BCUT2D eigenvalue weighted by Crippen LogP contribution is -1.90. The van der Waals surface area contributed by atoms with Gasteiger partial charge in [0.25, 0.3) is 0 Å². The lowest BCUT2D eigenvalue weighted by Gasteiger charge is -2.04. The van der Waals surface area contributed by atoms with Gasteiger partial charge in [0.15, 0.2) is 5.13 Å². The van der Waals surface area contributed by atoms with Gasteiger partial charge in [0.1, 0.15) is 5.75 Å². The molecule has 0 saturated carbocycles. The second-order valence-electron chi connectivity index (χ2n) is 5.03. The third kappa shape index (κ3) is 3.06. The van der Waals surface area contributed by atoms with Crippen LogP contribution in [-0.4, -0.2) is 10.1 Å². The van der Waals surface area contributed by atoms with Crippen molar-refractivity contribution in [3.8, 4) is 17.0 Å². The van der Waals surface area contributed by atoms with Gasteiger partial charge in [0, 0.05) is 16.6 Å². The number of nitrogens with zero attached hydrogens (tertiary/aromatic N) is 1. The van der Waals surface area contributed by atoms with E-state index in [2.05, 4.69) is 47.7 Å². The van der Waals surface area contributed by atoms with Crippen molar-refractivity contribution in [3.63, 3.8) is 0 Å². The molecule has 4 heteroatoms. The molecule has 0 spiro atoms. The largest absolute Gasteiger partial charge is 0.508 e. The first kappa shape index (κ1) is 13.6. The Kier molecular flexibility index (Phi) is 3.62. The summed E-state index contributed by atoms with van der Waals surface area (Å²) in [6, 6.07) is 13.4. The van der Waals surface area contributed by atoms with Crippen LogP contribution in [0.2, 0.25) is 0 Å². The first-order chi connectivity index (χ1) is 10.1. The van der Waals surface area contributed by atoms with Gasteiger partial charge in [-0.2, -0.15) is 0 Å². The highest BCUT2D eigenvalue weighted by atomic mass is 32.1. The standard InChI is InChI=1S/C17H16N2OS/c1-11-3-8-15(12(2)9-11)16-10-21-17(19-16)18-13-4-6-14(20)7-5-13/h3-10,20H,1-2H3,(H,18,19). The Morgan fingerprint density at radius 1 is 1.05 bits per heavy atom.